The molecule has 0 atom stereocenters. The van der Waals surface area contributed by atoms with Gasteiger partial charge in [-0.25, -0.2) is 9.97 Å². The van der Waals surface area contributed by atoms with Crippen molar-refractivity contribution >= 4 is 5.91 Å². The third-order valence-corrected chi connectivity index (χ3v) is 4.52. The Labute approximate surface area is 129 Å². The molecule has 0 bridgehead atoms. The topological polar surface area (TPSA) is 72.7 Å². The Morgan fingerprint density at radius 2 is 2.14 bits per heavy atom. The van der Waals surface area contributed by atoms with Crippen LogP contribution in [0.5, 0.6) is 0 Å². The number of nitrogens with zero attached hydrogens (tertiary/aromatic N) is 4. The van der Waals surface area contributed by atoms with Gasteiger partial charge in [0.1, 0.15) is 17.2 Å². The third kappa shape index (κ3) is 1.79. The van der Waals surface area contributed by atoms with Crippen LogP contribution in [0.2, 0.25) is 0 Å². The highest BCUT2D eigenvalue weighted by atomic mass is 16.2. The molecule has 1 N–H and O–H groups in total. The lowest BCUT2D eigenvalue weighted by atomic mass is 9.73. The average molecular weight is 297 g/mol. The van der Waals surface area contributed by atoms with Crippen molar-refractivity contribution in [3.63, 3.8) is 0 Å². The Hall–Kier alpha value is -2.24. The maximum absolute atomic E-state index is 12.5. The van der Waals surface area contributed by atoms with Crippen LogP contribution in [0, 0.1) is 6.92 Å². The highest BCUT2D eigenvalue weighted by Crippen LogP contribution is 2.43. The van der Waals surface area contributed by atoms with E-state index < -0.39 is 0 Å². The van der Waals surface area contributed by atoms with Gasteiger partial charge in [0.25, 0.3) is 5.91 Å². The number of carbonyl (C=O) groups excluding carboxylic acids is 1. The predicted molar refractivity (Wildman–Crippen MR) is 81.7 cm³/mol. The minimum Gasteiger partial charge on any atom is -0.351 e. The van der Waals surface area contributed by atoms with Gasteiger partial charge < -0.3 is 5.32 Å². The monoisotopic (exact) mass is 297 g/mol. The molecule has 0 spiro atoms. The molecule has 2 aliphatic rings. The molecular weight excluding hydrogens is 278 g/mol. The van der Waals surface area contributed by atoms with Gasteiger partial charge in [0.15, 0.2) is 0 Å². The van der Waals surface area contributed by atoms with E-state index in [0.717, 1.165) is 47.7 Å². The first-order valence-electron chi connectivity index (χ1n) is 7.70. The number of rotatable bonds is 0. The Morgan fingerprint density at radius 1 is 1.32 bits per heavy atom. The largest absolute Gasteiger partial charge is 0.351 e. The second-order valence-electron chi connectivity index (χ2n) is 6.76. The van der Waals surface area contributed by atoms with Crippen molar-refractivity contribution in [2.75, 3.05) is 6.54 Å². The summed E-state index contributed by atoms with van der Waals surface area (Å²) in [6.07, 6.45) is 3.62. The number of amides is 1. The summed E-state index contributed by atoms with van der Waals surface area (Å²) in [6.45, 7) is 7.67. The summed E-state index contributed by atoms with van der Waals surface area (Å²) in [5.41, 5.74) is 4.42. The number of hydrogen-bond acceptors (Lipinski definition) is 4. The minimum absolute atomic E-state index is 0.0199. The Balaban J connectivity index is 2.03. The molecule has 1 aliphatic heterocycles. The number of hydrogen-bond donors (Lipinski definition) is 1. The molecule has 6 nitrogen and oxygen atoms in total. The van der Waals surface area contributed by atoms with Crippen LogP contribution < -0.4 is 5.32 Å². The van der Waals surface area contributed by atoms with E-state index in [1.165, 1.54) is 0 Å². The summed E-state index contributed by atoms with van der Waals surface area (Å²) >= 11 is 0. The lowest BCUT2D eigenvalue weighted by Gasteiger charge is -2.30. The molecule has 0 radical (unpaired) electrons. The van der Waals surface area contributed by atoms with Crippen LogP contribution in [0.25, 0.3) is 11.4 Å². The predicted octanol–water partition coefficient (Wildman–Crippen LogP) is 1.62. The fourth-order valence-electron chi connectivity index (χ4n) is 3.57. The number of aromatic nitrogens is 4. The van der Waals surface area contributed by atoms with Gasteiger partial charge in [-0.15, -0.1) is 0 Å². The van der Waals surface area contributed by atoms with E-state index in [4.69, 9.17) is 5.10 Å². The second kappa shape index (κ2) is 4.38. The highest BCUT2D eigenvalue weighted by Gasteiger charge is 2.40. The molecular formula is C16H19N5O. The Morgan fingerprint density at radius 3 is 2.95 bits per heavy atom. The molecule has 4 rings (SSSR count). The van der Waals surface area contributed by atoms with Crippen LogP contribution >= 0.6 is 0 Å². The van der Waals surface area contributed by atoms with E-state index in [1.807, 2.05) is 17.8 Å². The van der Waals surface area contributed by atoms with Crippen LogP contribution in [-0.4, -0.2) is 32.2 Å². The number of fused-ring (bicyclic) bond motifs is 5. The van der Waals surface area contributed by atoms with Gasteiger partial charge in [-0.1, -0.05) is 13.8 Å². The summed E-state index contributed by atoms with van der Waals surface area (Å²) in [4.78, 5) is 21.4. The quantitative estimate of drug-likeness (QED) is 0.802. The molecule has 0 aromatic carbocycles. The number of aryl methyl sites for hydroxylation is 2. The summed E-state index contributed by atoms with van der Waals surface area (Å²) in [5.74, 6) is 0.714. The van der Waals surface area contributed by atoms with E-state index >= 15 is 0 Å². The summed E-state index contributed by atoms with van der Waals surface area (Å²) in [6, 6.07) is 0. The number of carbonyl (C=O) groups is 1. The van der Waals surface area contributed by atoms with E-state index in [2.05, 4.69) is 29.1 Å². The Bertz CT molecular complexity index is 790. The van der Waals surface area contributed by atoms with E-state index in [9.17, 15) is 4.79 Å². The van der Waals surface area contributed by atoms with Crippen molar-refractivity contribution in [3.05, 3.63) is 28.8 Å². The zero-order valence-corrected chi connectivity index (χ0v) is 13.1. The molecule has 2 aromatic heterocycles. The lowest BCUT2D eigenvalue weighted by Crippen LogP contribution is -2.31. The van der Waals surface area contributed by atoms with Gasteiger partial charge in [-0.3, -0.25) is 9.48 Å². The first-order valence-corrected chi connectivity index (χ1v) is 7.70. The van der Waals surface area contributed by atoms with E-state index in [0.29, 0.717) is 12.2 Å². The van der Waals surface area contributed by atoms with Crippen molar-refractivity contribution in [2.45, 2.75) is 45.6 Å². The normalized spacial score (nSPS) is 18.8. The maximum atomic E-state index is 12.5. The average Bonchev–Trinajstić information content (AvgIpc) is 2.77. The van der Waals surface area contributed by atoms with Crippen LogP contribution in [0.4, 0.5) is 0 Å². The van der Waals surface area contributed by atoms with Gasteiger partial charge in [0.2, 0.25) is 0 Å². The summed E-state index contributed by atoms with van der Waals surface area (Å²) < 4.78 is 1.86. The zero-order chi connectivity index (χ0) is 15.5. The lowest BCUT2D eigenvalue weighted by molar-refractivity contribution is 0.0948. The van der Waals surface area contributed by atoms with Crippen molar-refractivity contribution < 1.29 is 4.79 Å². The fourth-order valence-corrected chi connectivity index (χ4v) is 3.57. The van der Waals surface area contributed by atoms with Crippen molar-refractivity contribution in [1.82, 2.24) is 25.1 Å². The van der Waals surface area contributed by atoms with Gasteiger partial charge in [-0.05, 0) is 30.7 Å². The van der Waals surface area contributed by atoms with Gasteiger partial charge in [-0.2, -0.15) is 5.10 Å². The molecule has 0 saturated heterocycles. The van der Waals surface area contributed by atoms with Gasteiger partial charge >= 0.3 is 0 Å². The smallest absolute Gasteiger partial charge is 0.269 e. The summed E-state index contributed by atoms with van der Waals surface area (Å²) in [7, 11) is 0. The molecule has 22 heavy (non-hydrogen) atoms. The molecule has 114 valence electrons. The third-order valence-electron chi connectivity index (χ3n) is 4.52. The van der Waals surface area contributed by atoms with E-state index in [1.54, 1.807) is 0 Å². The zero-order valence-electron chi connectivity index (χ0n) is 13.1. The van der Waals surface area contributed by atoms with Gasteiger partial charge in [0.05, 0.1) is 5.69 Å². The van der Waals surface area contributed by atoms with Crippen molar-refractivity contribution in [3.8, 4) is 11.4 Å². The van der Waals surface area contributed by atoms with Crippen LogP contribution in [-0.2, 0) is 18.4 Å². The molecule has 1 aliphatic carbocycles. The van der Waals surface area contributed by atoms with Crippen molar-refractivity contribution in [2.24, 2.45) is 0 Å². The maximum Gasteiger partial charge on any atom is 0.269 e. The van der Waals surface area contributed by atoms with Crippen LogP contribution in [0.15, 0.2) is 6.20 Å². The molecule has 0 unspecified atom stereocenters. The summed E-state index contributed by atoms with van der Waals surface area (Å²) in [5, 5.41) is 7.72. The Kier molecular flexibility index (Phi) is 2.67. The number of nitrogens with one attached hydrogen (secondary N) is 1. The highest BCUT2D eigenvalue weighted by molar-refractivity contribution is 5.97. The fraction of sp³-hybridized carbons (Fsp3) is 0.500. The SMILES string of the molecule is Cc1ncc2c(n1)-c1nn3c(c1C(C)(C)C2)C(=O)NCCC3. The van der Waals surface area contributed by atoms with Crippen LogP contribution in [0.3, 0.4) is 0 Å². The van der Waals surface area contributed by atoms with Gasteiger partial charge in [0, 0.05) is 24.8 Å². The van der Waals surface area contributed by atoms with Crippen molar-refractivity contribution in [1.29, 1.82) is 0 Å². The van der Waals surface area contributed by atoms with Crippen LogP contribution in [0.1, 0.15) is 47.7 Å². The molecule has 0 saturated carbocycles. The standard InChI is InChI=1S/C16H19N5O/c1-9-18-8-10-7-16(2,3)11-13(12(10)19-9)20-21-6-4-5-17-15(22)14(11)21/h8H,4-7H2,1-3H3,(H,17,22). The molecule has 6 heteroatoms. The minimum atomic E-state index is -0.157. The first-order chi connectivity index (χ1) is 10.5. The molecule has 2 aromatic rings. The van der Waals surface area contributed by atoms with E-state index in [-0.39, 0.29) is 11.3 Å². The molecule has 1 amide bonds. The first kappa shape index (κ1) is 13.4. The molecule has 0 fully saturated rings. The second-order valence-corrected chi connectivity index (χ2v) is 6.76. The molecule has 3 heterocycles.